The maximum absolute atomic E-state index is 11.8. The van der Waals surface area contributed by atoms with Crippen molar-refractivity contribution in [3.63, 3.8) is 0 Å². The summed E-state index contributed by atoms with van der Waals surface area (Å²) in [6.45, 7) is 5.79. The van der Waals surface area contributed by atoms with Crippen LogP contribution in [0, 0.1) is 0 Å². The second kappa shape index (κ2) is 4.78. The normalized spacial score (nSPS) is 11.8. The molecule has 0 saturated carbocycles. The van der Waals surface area contributed by atoms with E-state index in [-0.39, 0.29) is 5.78 Å². The lowest BCUT2D eigenvalue weighted by Gasteiger charge is -2.16. The lowest BCUT2D eigenvalue weighted by molar-refractivity contribution is -0.119. The van der Waals surface area contributed by atoms with E-state index in [0.717, 1.165) is 17.8 Å². The van der Waals surface area contributed by atoms with Crippen molar-refractivity contribution in [1.82, 2.24) is 9.78 Å². The van der Waals surface area contributed by atoms with Crippen molar-refractivity contribution in [3.05, 3.63) is 17.5 Å². The van der Waals surface area contributed by atoms with Crippen LogP contribution in [-0.2, 0) is 24.7 Å². The molecule has 0 aliphatic heterocycles. The molecule has 16 heavy (non-hydrogen) atoms. The number of carbonyl (C=O) groups is 1. The molecule has 1 rings (SSSR count). The van der Waals surface area contributed by atoms with Gasteiger partial charge >= 0.3 is 0 Å². The topological polar surface area (TPSA) is 60.9 Å². The Hall–Kier alpha value is -1.16. The molecule has 0 aliphatic rings. The van der Waals surface area contributed by atoms with Crippen LogP contribution in [0.1, 0.15) is 38.6 Å². The van der Waals surface area contributed by atoms with Gasteiger partial charge in [-0.3, -0.25) is 9.48 Å². The number of hydrogen-bond acceptors (Lipinski definition) is 3. The first kappa shape index (κ1) is 12.9. The second-order valence-corrected chi connectivity index (χ2v) is 4.98. The second-order valence-electron chi connectivity index (χ2n) is 4.98. The van der Waals surface area contributed by atoms with Crippen molar-refractivity contribution >= 4 is 5.78 Å². The first-order chi connectivity index (χ1) is 7.31. The SMILES string of the molecule is CCc1cc(CC(=O)CC(C)(C)N)n(C)n1. The quantitative estimate of drug-likeness (QED) is 0.816. The summed E-state index contributed by atoms with van der Waals surface area (Å²) in [5, 5.41) is 4.31. The standard InChI is InChI=1S/C12H21N3O/c1-5-9-6-10(15(4)14-9)7-11(16)8-12(2,3)13/h6H,5,7-8,13H2,1-4H3. The highest BCUT2D eigenvalue weighted by Crippen LogP contribution is 2.10. The first-order valence-corrected chi connectivity index (χ1v) is 5.64. The number of ketones is 1. The number of aryl methyl sites for hydroxylation is 2. The van der Waals surface area contributed by atoms with Crippen molar-refractivity contribution < 1.29 is 4.79 Å². The summed E-state index contributed by atoms with van der Waals surface area (Å²) in [6.07, 6.45) is 1.72. The number of rotatable bonds is 5. The molecule has 0 atom stereocenters. The fourth-order valence-electron chi connectivity index (χ4n) is 1.68. The Bertz CT molecular complexity index is 374. The van der Waals surface area contributed by atoms with Crippen LogP contribution in [0.15, 0.2) is 6.07 Å². The fraction of sp³-hybridized carbons (Fsp3) is 0.667. The molecule has 90 valence electrons. The van der Waals surface area contributed by atoms with Crippen molar-refractivity contribution in [1.29, 1.82) is 0 Å². The van der Waals surface area contributed by atoms with E-state index in [1.54, 1.807) is 4.68 Å². The predicted octanol–water partition coefficient (Wildman–Crippen LogP) is 1.22. The lowest BCUT2D eigenvalue weighted by atomic mass is 9.97. The van der Waals surface area contributed by atoms with Crippen molar-refractivity contribution in [2.75, 3.05) is 0 Å². The zero-order chi connectivity index (χ0) is 12.3. The summed E-state index contributed by atoms with van der Waals surface area (Å²) < 4.78 is 1.78. The van der Waals surface area contributed by atoms with E-state index in [4.69, 9.17) is 5.73 Å². The van der Waals surface area contributed by atoms with Gasteiger partial charge in [0, 0.05) is 31.1 Å². The van der Waals surface area contributed by atoms with Gasteiger partial charge in [0.1, 0.15) is 5.78 Å². The van der Waals surface area contributed by atoms with Crippen LogP contribution in [0.5, 0.6) is 0 Å². The zero-order valence-electron chi connectivity index (χ0n) is 10.6. The minimum atomic E-state index is -0.427. The Morgan fingerprint density at radius 2 is 2.19 bits per heavy atom. The summed E-state index contributed by atoms with van der Waals surface area (Å²) >= 11 is 0. The van der Waals surface area contributed by atoms with Gasteiger partial charge in [0.2, 0.25) is 0 Å². The first-order valence-electron chi connectivity index (χ1n) is 5.64. The molecule has 0 fully saturated rings. The van der Waals surface area contributed by atoms with Crippen molar-refractivity contribution in [2.24, 2.45) is 12.8 Å². The molecule has 0 unspecified atom stereocenters. The van der Waals surface area contributed by atoms with E-state index in [1.807, 2.05) is 27.0 Å². The van der Waals surface area contributed by atoms with E-state index in [0.29, 0.717) is 12.8 Å². The van der Waals surface area contributed by atoms with Crippen LogP contribution in [-0.4, -0.2) is 21.1 Å². The van der Waals surface area contributed by atoms with Gasteiger partial charge in [-0.15, -0.1) is 0 Å². The van der Waals surface area contributed by atoms with Gasteiger partial charge in [0.15, 0.2) is 0 Å². The van der Waals surface area contributed by atoms with Gasteiger partial charge in [0.25, 0.3) is 0 Å². The van der Waals surface area contributed by atoms with Crippen molar-refractivity contribution in [2.45, 2.75) is 45.6 Å². The Morgan fingerprint density at radius 1 is 1.56 bits per heavy atom. The Labute approximate surface area is 96.8 Å². The van der Waals surface area contributed by atoms with E-state index in [9.17, 15) is 4.79 Å². The predicted molar refractivity (Wildman–Crippen MR) is 64.2 cm³/mol. The number of hydrogen-bond donors (Lipinski definition) is 1. The van der Waals surface area contributed by atoms with Crippen LogP contribution >= 0.6 is 0 Å². The average Bonchev–Trinajstić information content (AvgIpc) is 2.44. The number of aromatic nitrogens is 2. The summed E-state index contributed by atoms with van der Waals surface area (Å²) in [4.78, 5) is 11.8. The van der Waals surface area contributed by atoms with Gasteiger partial charge in [-0.1, -0.05) is 6.92 Å². The molecule has 1 aromatic heterocycles. The third-order valence-corrected chi connectivity index (χ3v) is 2.42. The van der Waals surface area contributed by atoms with E-state index < -0.39 is 5.54 Å². The summed E-state index contributed by atoms with van der Waals surface area (Å²) in [5.41, 5.74) is 7.38. The molecule has 0 aromatic carbocycles. The Balaban J connectivity index is 2.66. The molecule has 0 radical (unpaired) electrons. The number of nitrogens with zero attached hydrogens (tertiary/aromatic N) is 2. The van der Waals surface area contributed by atoms with Crippen LogP contribution in [0.2, 0.25) is 0 Å². The van der Waals surface area contributed by atoms with Gasteiger partial charge in [-0.25, -0.2) is 0 Å². The van der Waals surface area contributed by atoms with Crippen LogP contribution in [0.25, 0.3) is 0 Å². The van der Waals surface area contributed by atoms with Crippen LogP contribution < -0.4 is 5.73 Å². The van der Waals surface area contributed by atoms with Crippen LogP contribution in [0.3, 0.4) is 0 Å². The molecule has 4 nitrogen and oxygen atoms in total. The molecule has 0 aliphatic carbocycles. The molecular formula is C12H21N3O. The molecule has 1 heterocycles. The largest absolute Gasteiger partial charge is 0.325 e. The molecule has 0 spiro atoms. The van der Waals surface area contributed by atoms with Crippen LogP contribution in [0.4, 0.5) is 0 Å². The number of carbonyl (C=O) groups excluding carboxylic acids is 1. The zero-order valence-corrected chi connectivity index (χ0v) is 10.6. The lowest BCUT2D eigenvalue weighted by Crippen LogP contribution is -2.35. The number of nitrogens with two attached hydrogens (primary N) is 1. The third-order valence-electron chi connectivity index (χ3n) is 2.42. The molecule has 2 N–H and O–H groups in total. The summed E-state index contributed by atoms with van der Waals surface area (Å²) in [6, 6.07) is 1.99. The van der Waals surface area contributed by atoms with E-state index in [1.165, 1.54) is 0 Å². The molecule has 0 bridgehead atoms. The molecular weight excluding hydrogens is 202 g/mol. The highest BCUT2D eigenvalue weighted by molar-refractivity contribution is 5.81. The monoisotopic (exact) mass is 223 g/mol. The van der Waals surface area contributed by atoms with E-state index in [2.05, 4.69) is 12.0 Å². The molecule has 0 saturated heterocycles. The Kier molecular flexibility index (Phi) is 3.86. The summed E-state index contributed by atoms with van der Waals surface area (Å²) in [7, 11) is 1.87. The maximum atomic E-state index is 11.8. The smallest absolute Gasteiger partial charge is 0.140 e. The molecule has 4 heteroatoms. The highest BCUT2D eigenvalue weighted by Gasteiger charge is 2.17. The fourth-order valence-corrected chi connectivity index (χ4v) is 1.68. The van der Waals surface area contributed by atoms with Gasteiger partial charge < -0.3 is 5.73 Å². The Morgan fingerprint density at radius 3 is 2.62 bits per heavy atom. The number of Topliss-reactive ketones (excluding diaryl/α,β-unsaturated/α-hetero) is 1. The van der Waals surface area contributed by atoms with Gasteiger partial charge in [0.05, 0.1) is 5.69 Å². The molecule has 1 aromatic rings. The highest BCUT2D eigenvalue weighted by atomic mass is 16.1. The summed E-state index contributed by atoms with van der Waals surface area (Å²) in [5.74, 6) is 0.165. The molecule has 0 amide bonds. The maximum Gasteiger partial charge on any atom is 0.140 e. The third kappa shape index (κ3) is 3.77. The van der Waals surface area contributed by atoms with Gasteiger partial charge in [-0.2, -0.15) is 5.10 Å². The van der Waals surface area contributed by atoms with Crippen molar-refractivity contribution in [3.8, 4) is 0 Å². The minimum absolute atomic E-state index is 0.165. The minimum Gasteiger partial charge on any atom is -0.325 e. The van der Waals surface area contributed by atoms with Gasteiger partial charge in [-0.05, 0) is 26.3 Å². The average molecular weight is 223 g/mol. The van der Waals surface area contributed by atoms with E-state index >= 15 is 0 Å².